The Kier molecular flexibility index (Phi) is 4.20. The highest BCUT2D eigenvalue weighted by Crippen LogP contribution is 2.11. The van der Waals surface area contributed by atoms with Crippen LogP contribution in [0.5, 0.6) is 0 Å². The molecule has 0 aliphatic heterocycles. The molecule has 19 heavy (non-hydrogen) atoms. The van der Waals surface area contributed by atoms with Gasteiger partial charge in [-0.1, -0.05) is 24.3 Å². The number of amides is 1. The zero-order chi connectivity index (χ0) is 13.5. The van der Waals surface area contributed by atoms with Gasteiger partial charge in [0.15, 0.2) is 0 Å². The van der Waals surface area contributed by atoms with Crippen molar-refractivity contribution in [1.82, 2.24) is 20.4 Å². The first-order chi connectivity index (χ1) is 9.31. The van der Waals surface area contributed by atoms with Gasteiger partial charge in [0.05, 0.1) is 11.8 Å². The first-order valence-corrected chi connectivity index (χ1v) is 5.54. The maximum Gasteiger partial charge on any atom is 0.293 e. The van der Waals surface area contributed by atoms with Crippen molar-refractivity contribution in [3.8, 4) is 0 Å². The van der Waals surface area contributed by atoms with Crippen molar-refractivity contribution in [2.24, 2.45) is 0 Å². The summed E-state index contributed by atoms with van der Waals surface area (Å²) in [7, 11) is 0. The third-order valence-electron chi connectivity index (χ3n) is 2.34. The third kappa shape index (κ3) is 3.36. The molecule has 2 aromatic heterocycles. The van der Waals surface area contributed by atoms with Gasteiger partial charge in [0.25, 0.3) is 5.91 Å². The summed E-state index contributed by atoms with van der Waals surface area (Å²) in [6.07, 6.45) is 5.08. The predicted octanol–water partition coefficient (Wildman–Crippen LogP) is 1.76. The molecule has 0 bridgehead atoms. The molecule has 1 amide bonds. The van der Waals surface area contributed by atoms with E-state index in [1.807, 2.05) is 24.3 Å². The van der Waals surface area contributed by atoms with Gasteiger partial charge in [0.1, 0.15) is 5.69 Å². The van der Waals surface area contributed by atoms with Gasteiger partial charge < -0.3 is 4.98 Å². The predicted molar refractivity (Wildman–Crippen MR) is 69.6 cm³/mol. The molecule has 0 spiro atoms. The molecule has 6 heteroatoms. The number of rotatable bonds is 1. The Bertz CT molecular complexity index is 635. The van der Waals surface area contributed by atoms with Gasteiger partial charge in [-0.15, -0.1) is 0 Å². The molecule has 0 radical (unpaired) electrons. The summed E-state index contributed by atoms with van der Waals surface area (Å²) in [6.45, 7) is 0. The molecule has 0 aliphatic carbocycles. The summed E-state index contributed by atoms with van der Waals surface area (Å²) in [4.78, 5) is 21.5. The van der Waals surface area contributed by atoms with Crippen LogP contribution >= 0.6 is 0 Å². The fourth-order valence-electron chi connectivity index (χ4n) is 1.46. The molecular weight excluding hydrogens is 244 g/mol. The van der Waals surface area contributed by atoms with E-state index < -0.39 is 5.91 Å². The van der Waals surface area contributed by atoms with E-state index in [1.165, 1.54) is 0 Å². The third-order valence-corrected chi connectivity index (χ3v) is 2.34. The van der Waals surface area contributed by atoms with Crippen molar-refractivity contribution < 1.29 is 10.0 Å². The first-order valence-electron chi connectivity index (χ1n) is 5.54. The van der Waals surface area contributed by atoms with E-state index >= 15 is 0 Å². The number of hydroxylamine groups is 1. The van der Waals surface area contributed by atoms with Crippen molar-refractivity contribution in [2.75, 3.05) is 0 Å². The van der Waals surface area contributed by atoms with Crippen molar-refractivity contribution in [2.45, 2.75) is 0 Å². The van der Waals surface area contributed by atoms with Crippen LogP contribution in [0.4, 0.5) is 0 Å². The summed E-state index contributed by atoms with van der Waals surface area (Å²) < 4.78 is 0. The van der Waals surface area contributed by atoms with Gasteiger partial charge in [-0.25, -0.2) is 15.4 Å². The van der Waals surface area contributed by atoms with Gasteiger partial charge in [0.2, 0.25) is 0 Å². The van der Waals surface area contributed by atoms with E-state index in [0.29, 0.717) is 0 Å². The normalized spacial score (nSPS) is 9.53. The molecule has 3 aromatic rings. The number of pyridine rings is 1. The topological polar surface area (TPSA) is 90.9 Å². The van der Waals surface area contributed by atoms with Crippen LogP contribution < -0.4 is 5.48 Å². The van der Waals surface area contributed by atoms with Gasteiger partial charge in [0, 0.05) is 17.8 Å². The minimum absolute atomic E-state index is 0.200. The second kappa shape index (κ2) is 6.27. The summed E-state index contributed by atoms with van der Waals surface area (Å²) in [5, 5.41) is 9.38. The number of hydrogen-bond acceptors (Lipinski definition) is 4. The van der Waals surface area contributed by atoms with E-state index in [-0.39, 0.29) is 5.69 Å². The zero-order valence-electron chi connectivity index (χ0n) is 9.95. The minimum Gasteiger partial charge on any atom is -0.351 e. The highest BCUT2D eigenvalue weighted by atomic mass is 16.5. The Morgan fingerprint density at radius 3 is 2.68 bits per heavy atom. The monoisotopic (exact) mass is 256 g/mol. The number of carbonyl (C=O) groups is 1. The fourth-order valence-corrected chi connectivity index (χ4v) is 1.46. The van der Waals surface area contributed by atoms with Crippen molar-refractivity contribution in [1.29, 1.82) is 0 Å². The second-order valence-corrected chi connectivity index (χ2v) is 3.59. The Morgan fingerprint density at radius 2 is 2.05 bits per heavy atom. The lowest BCUT2D eigenvalue weighted by molar-refractivity contribution is 0.0701. The summed E-state index contributed by atoms with van der Waals surface area (Å²) >= 11 is 0. The molecule has 0 aliphatic rings. The molecule has 6 nitrogen and oxygen atoms in total. The van der Waals surface area contributed by atoms with Crippen LogP contribution in [0.15, 0.2) is 55.1 Å². The maximum absolute atomic E-state index is 11.0. The van der Waals surface area contributed by atoms with Crippen molar-refractivity contribution in [3.63, 3.8) is 0 Å². The number of aromatic amines is 1. The Morgan fingerprint density at radius 1 is 1.21 bits per heavy atom. The lowest BCUT2D eigenvalue weighted by atomic mass is 10.2. The Balaban J connectivity index is 0.000000224. The van der Waals surface area contributed by atoms with Gasteiger partial charge in [-0.2, -0.15) is 0 Å². The number of nitrogens with one attached hydrogen (secondary N) is 2. The second-order valence-electron chi connectivity index (χ2n) is 3.59. The van der Waals surface area contributed by atoms with E-state index in [0.717, 1.165) is 10.9 Å². The number of fused-ring (bicyclic) bond motifs is 1. The lowest BCUT2D eigenvalue weighted by Crippen LogP contribution is -2.19. The van der Waals surface area contributed by atoms with E-state index in [4.69, 9.17) is 5.21 Å². The number of para-hydroxylation sites is 1. The number of aromatic nitrogens is 3. The lowest BCUT2D eigenvalue weighted by Gasteiger charge is -2.00. The Labute approximate surface area is 109 Å². The molecule has 0 saturated carbocycles. The average Bonchev–Trinajstić information content (AvgIpc) is 3.05. The molecule has 0 fully saturated rings. The van der Waals surface area contributed by atoms with Crippen molar-refractivity contribution >= 4 is 16.8 Å². The molecule has 2 heterocycles. The Hall–Kier alpha value is -2.73. The first kappa shape index (κ1) is 12.7. The molecule has 96 valence electrons. The number of nitrogens with zero attached hydrogens (tertiary/aromatic N) is 2. The highest BCUT2D eigenvalue weighted by molar-refractivity contribution is 5.94. The van der Waals surface area contributed by atoms with E-state index in [9.17, 15) is 4.79 Å². The largest absolute Gasteiger partial charge is 0.351 e. The molecule has 0 unspecified atom stereocenters. The van der Waals surface area contributed by atoms with Gasteiger partial charge in [-0.3, -0.25) is 10.0 Å². The van der Waals surface area contributed by atoms with Crippen LogP contribution in [0.1, 0.15) is 10.5 Å². The standard InChI is InChI=1S/C10H8N2O2.C3H4N2/c13-10(12-14)9-6-5-7-3-1-2-4-8(7)11-9;1-2-5-3-4-1/h1-6,14H,(H,12,13);1-3H,(H,4,5). The molecule has 1 aromatic carbocycles. The van der Waals surface area contributed by atoms with Crippen LogP contribution in [-0.2, 0) is 0 Å². The number of H-pyrrole nitrogens is 1. The van der Waals surface area contributed by atoms with Crippen molar-refractivity contribution in [3.05, 3.63) is 60.8 Å². The molecular formula is C13H12N4O2. The molecule has 3 rings (SSSR count). The fraction of sp³-hybridized carbons (Fsp3) is 0. The number of hydrogen-bond donors (Lipinski definition) is 3. The maximum atomic E-state index is 11.0. The van der Waals surface area contributed by atoms with Crippen LogP contribution in [0, 0.1) is 0 Å². The van der Waals surface area contributed by atoms with Crippen LogP contribution in [0.3, 0.4) is 0 Å². The van der Waals surface area contributed by atoms with Crippen LogP contribution in [0.25, 0.3) is 10.9 Å². The quantitative estimate of drug-likeness (QED) is 0.457. The summed E-state index contributed by atoms with van der Waals surface area (Å²) in [5.41, 5.74) is 2.47. The van der Waals surface area contributed by atoms with Gasteiger partial charge >= 0.3 is 0 Å². The number of benzene rings is 1. The molecule has 3 N–H and O–H groups in total. The molecule has 0 saturated heterocycles. The highest BCUT2D eigenvalue weighted by Gasteiger charge is 2.05. The SMILES string of the molecule is O=C(NO)c1ccc2ccccc2n1.c1c[nH]cn1. The zero-order valence-corrected chi connectivity index (χ0v) is 9.95. The average molecular weight is 256 g/mol. The smallest absolute Gasteiger partial charge is 0.293 e. The number of carbonyl (C=O) groups excluding carboxylic acids is 1. The summed E-state index contributed by atoms with van der Waals surface area (Å²) in [6, 6.07) is 10.8. The molecule has 0 atom stereocenters. The minimum atomic E-state index is -0.601. The number of imidazole rings is 1. The van der Waals surface area contributed by atoms with Gasteiger partial charge in [-0.05, 0) is 12.1 Å². The van der Waals surface area contributed by atoms with Crippen LogP contribution in [-0.4, -0.2) is 26.1 Å². The van der Waals surface area contributed by atoms with E-state index in [1.54, 1.807) is 36.3 Å². The summed E-state index contributed by atoms with van der Waals surface area (Å²) in [5.74, 6) is -0.601. The van der Waals surface area contributed by atoms with Crippen LogP contribution in [0.2, 0.25) is 0 Å². The van der Waals surface area contributed by atoms with E-state index in [2.05, 4.69) is 15.0 Å².